The van der Waals surface area contributed by atoms with Crippen LogP contribution in [0.15, 0.2) is 0 Å². The molecule has 10 atom stereocenters. The number of carboxylic acid groups (broad SMARTS) is 1. The number of ether oxygens (including phenoxy) is 4. The lowest BCUT2D eigenvalue weighted by Gasteiger charge is -2.43. The Bertz CT molecular complexity index is 649. The molecule has 2 saturated heterocycles. The molecule has 0 radical (unpaired) electrons. The van der Waals surface area contributed by atoms with Crippen LogP contribution < -0.4 is 5.73 Å². The van der Waals surface area contributed by atoms with E-state index in [1.54, 1.807) is 0 Å². The van der Waals surface area contributed by atoms with Gasteiger partial charge in [0.2, 0.25) is 5.79 Å². The summed E-state index contributed by atoms with van der Waals surface area (Å²) >= 11 is 0. The predicted molar refractivity (Wildman–Crippen MR) is 97.4 cm³/mol. The number of carboxylic acids is 1. The molecular weight excluding hydrogens is 442 g/mol. The zero-order valence-electron chi connectivity index (χ0n) is 16.8. The fraction of sp³-hybridized carbons (Fsp3) is 0.882. The molecule has 2 fully saturated rings. The van der Waals surface area contributed by atoms with Crippen molar-refractivity contribution in [3.05, 3.63) is 0 Å². The summed E-state index contributed by atoms with van der Waals surface area (Å²) in [7, 11) is 0. The summed E-state index contributed by atoms with van der Waals surface area (Å²) in [5.74, 6) is -4.69. The number of carbonyl (C=O) groups excluding carboxylic acids is 1. The molecule has 10 N–H and O–H groups in total. The minimum absolute atomic E-state index is 0.264. The minimum Gasteiger partial charge on any atom is -0.480 e. The number of aliphatic hydroxyl groups is 7. The third kappa shape index (κ3) is 5.70. The molecular formula is C17H29NO14. The standard InChI is InChI=1S/C17H29NO14/c18-6(15(27)28)1-2-9(21)29-5-17(14(26)11(23)8(4-20)31-17)32-16-13(25)12(24)10(22)7(3-19)30-16/h6-8,10-14,16,19-20,22-26H,1-5,18H2,(H,27,28)/t6-,7+,8+,10+,11+,12-,13+,14-,16+,17-/m0/s1. The van der Waals surface area contributed by atoms with Gasteiger partial charge in [-0.05, 0) is 6.42 Å². The lowest BCUT2D eigenvalue weighted by Crippen LogP contribution is -2.62. The zero-order chi connectivity index (χ0) is 24.2. The smallest absolute Gasteiger partial charge is 0.320 e. The Morgan fingerprint density at radius 1 is 0.969 bits per heavy atom. The Morgan fingerprint density at radius 3 is 2.12 bits per heavy atom. The molecule has 0 aromatic heterocycles. The summed E-state index contributed by atoms with van der Waals surface area (Å²) in [5, 5.41) is 78.0. The monoisotopic (exact) mass is 471 g/mol. The van der Waals surface area contributed by atoms with E-state index in [1.807, 2.05) is 0 Å². The van der Waals surface area contributed by atoms with Crippen LogP contribution in [0.3, 0.4) is 0 Å². The fourth-order valence-electron chi connectivity index (χ4n) is 3.27. The summed E-state index contributed by atoms with van der Waals surface area (Å²) < 4.78 is 20.9. The molecule has 15 nitrogen and oxygen atoms in total. The second kappa shape index (κ2) is 11.1. The van der Waals surface area contributed by atoms with Crippen LogP contribution in [0.1, 0.15) is 12.8 Å². The number of aliphatic carboxylic acids is 1. The van der Waals surface area contributed by atoms with E-state index in [-0.39, 0.29) is 6.42 Å². The third-order valence-electron chi connectivity index (χ3n) is 5.26. The molecule has 2 aliphatic heterocycles. The quantitative estimate of drug-likeness (QED) is 0.134. The Hall–Kier alpha value is -1.50. The van der Waals surface area contributed by atoms with Crippen molar-refractivity contribution < 1.29 is 69.4 Å². The highest BCUT2D eigenvalue weighted by Gasteiger charge is 2.59. The maximum absolute atomic E-state index is 12.0. The molecule has 186 valence electrons. The van der Waals surface area contributed by atoms with Crippen molar-refractivity contribution in [2.24, 2.45) is 5.73 Å². The first-order valence-electron chi connectivity index (χ1n) is 9.74. The number of aliphatic hydroxyl groups excluding tert-OH is 7. The van der Waals surface area contributed by atoms with Crippen molar-refractivity contribution in [3.8, 4) is 0 Å². The second-order valence-corrected chi connectivity index (χ2v) is 7.55. The Balaban J connectivity index is 2.16. The van der Waals surface area contributed by atoms with Gasteiger partial charge in [-0.3, -0.25) is 9.59 Å². The molecule has 0 aromatic rings. The van der Waals surface area contributed by atoms with Gasteiger partial charge in [0.25, 0.3) is 0 Å². The van der Waals surface area contributed by atoms with Gasteiger partial charge in [0.05, 0.1) is 13.2 Å². The lowest BCUT2D eigenvalue weighted by atomic mass is 9.99. The van der Waals surface area contributed by atoms with Crippen LogP contribution in [-0.4, -0.2) is 133 Å². The Morgan fingerprint density at radius 2 is 1.59 bits per heavy atom. The summed E-state index contributed by atoms with van der Waals surface area (Å²) in [6.45, 7) is -2.46. The molecule has 2 aliphatic rings. The van der Waals surface area contributed by atoms with Gasteiger partial charge in [-0.25, -0.2) is 0 Å². The van der Waals surface area contributed by atoms with Crippen LogP contribution >= 0.6 is 0 Å². The zero-order valence-corrected chi connectivity index (χ0v) is 16.8. The molecule has 0 aromatic carbocycles. The van der Waals surface area contributed by atoms with Crippen molar-refractivity contribution in [2.45, 2.75) is 73.7 Å². The summed E-state index contributed by atoms with van der Waals surface area (Å²) in [5.41, 5.74) is 5.31. The summed E-state index contributed by atoms with van der Waals surface area (Å²) in [6.07, 6.45) is -14.4. The van der Waals surface area contributed by atoms with E-state index < -0.39 is 99.0 Å². The van der Waals surface area contributed by atoms with Crippen LogP contribution in [0.5, 0.6) is 0 Å². The van der Waals surface area contributed by atoms with Gasteiger partial charge in [0, 0.05) is 6.42 Å². The van der Waals surface area contributed by atoms with E-state index in [0.29, 0.717) is 0 Å². The molecule has 32 heavy (non-hydrogen) atoms. The van der Waals surface area contributed by atoms with E-state index >= 15 is 0 Å². The molecule has 15 heteroatoms. The van der Waals surface area contributed by atoms with E-state index in [1.165, 1.54) is 0 Å². The van der Waals surface area contributed by atoms with Crippen molar-refractivity contribution in [2.75, 3.05) is 19.8 Å². The van der Waals surface area contributed by atoms with Gasteiger partial charge >= 0.3 is 11.9 Å². The number of hydrogen-bond donors (Lipinski definition) is 9. The van der Waals surface area contributed by atoms with Gasteiger partial charge in [0.1, 0.15) is 55.4 Å². The van der Waals surface area contributed by atoms with E-state index in [9.17, 15) is 45.3 Å². The number of nitrogens with two attached hydrogens (primary N) is 1. The maximum Gasteiger partial charge on any atom is 0.320 e. The Labute approximate surface area is 181 Å². The maximum atomic E-state index is 12.0. The first-order chi connectivity index (χ1) is 15.0. The van der Waals surface area contributed by atoms with Gasteiger partial charge in [-0.15, -0.1) is 0 Å². The first-order valence-corrected chi connectivity index (χ1v) is 9.74. The molecule has 0 unspecified atom stereocenters. The normalized spacial score (nSPS) is 40.8. The number of hydrogen-bond acceptors (Lipinski definition) is 14. The molecule has 2 heterocycles. The van der Waals surface area contributed by atoms with Crippen LogP contribution in [0.25, 0.3) is 0 Å². The topological polar surface area (TPSA) is 259 Å². The highest BCUT2D eigenvalue weighted by molar-refractivity contribution is 5.75. The Kier molecular flexibility index (Phi) is 9.26. The van der Waals surface area contributed by atoms with Crippen LogP contribution in [-0.2, 0) is 28.5 Å². The van der Waals surface area contributed by atoms with Gasteiger partial charge in [0.15, 0.2) is 6.29 Å². The van der Waals surface area contributed by atoms with Crippen molar-refractivity contribution in [1.82, 2.24) is 0 Å². The SMILES string of the molecule is N[C@@H](CCC(=O)OC[C@@]1(O[C@H]2O[C@H](CO)[C@@H](O)[C@H](O)[C@H]2O)O[C@H](CO)[C@@H](O)[C@@H]1O)C(=O)O. The molecule has 0 aliphatic carbocycles. The van der Waals surface area contributed by atoms with Crippen LogP contribution in [0, 0.1) is 0 Å². The largest absolute Gasteiger partial charge is 0.480 e. The average Bonchev–Trinajstić information content (AvgIpc) is 3.01. The van der Waals surface area contributed by atoms with Crippen molar-refractivity contribution in [3.63, 3.8) is 0 Å². The number of carbonyl (C=O) groups is 2. The van der Waals surface area contributed by atoms with E-state index in [4.69, 9.17) is 29.8 Å². The molecule has 2 rings (SSSR count). The molecule has 0 bridgehead atoms. The van der Waals surface area contributed by atoms with Gasteiger partial charge in [-0.2, -0.15) is 0 Å². The predicted octanol–water partition coefficient (Wildman–Crippen LogP) is -5.65. The third-order valence-corrected chi connectivity index (χ3v) is 5.26. The molecule has 0 saturated carbocycles. The summed E-state index contributed by atoms with van der Waals surface area (Å²) in [6, 6.07) is -1.32. The van der Waals surface area contributed by atoms with Gasteiger partial charge < -0.3 is 65.5 Å². The van der Waals surface area contributed by atoms with E-state index in [2.05, 4.69) is 0 Å². The van der Waals surface area contributed by atoms with Gasteiger partial charge in [-0.1, -0.05) is 0 Å². The lowest BCUT2D eigenvalue weighted by molar-refractivity contribution is -0.383. The van der Waals surface area contributed by atoms with Crippen LogP contribution in [0.2, 0.25) is 0 Å². The number of esters is 1. The van der Waals surface area contributed by atoms with Crippen molar-refractivity contribution in [1.29, 1.82) is 0 Å². The highest BCUT2D eigenvalue weighted by Crippen LogP contribution is 2.36. The van der Waals surface area contributed by atoms with E-state index in [0.717, 1.165) is 0 Å². The number of rotatable bonds is 10. The summed E-state index contributed by atoms with van der Waals surface area (Å²) in [4.78, 5) is 22.7. The minimum atomic E-state index is -2.40. The van der Waals surface area contributed by atoms with Crippen LogP contribution in [0.4, 0.5) is 0 Å². The van der Waals surface area contributed by atoms with Crippen molar-refractivity contribution >= 4 is 11.9 Å². The highest BCUT2D eigenvalue weighted by atomic mass is 16.8. The molecule has 0 amide bonds. The fourth-order valence-corrected chi connectivity index (χ4v) is 3.27. The molecule has 0 spiro atoms. The average molecular weight is 471 g/mol. The first kappa shape index (κ1) is 26.7. The second-order valence-electron chi connectivity index (χ2n) is 7.55.